The summed E-state index contributed by atoms with van der Waals surface area (Å²) in [6, 6.07) is 18.4. The number of hydrogen-bond donors (Lipinski definition) is 1. The molecule has 202 valence electrons. The summed E-state index contributed by atoms with van der Waals surface area (Å²) in [5.41, 5.74) is 7.35. The Morgan fingerprint density at radius 2 is 1.85 bits per heavy atom. The van der Waals surface area contributed by atoms with Gasteiger partial charge < -0.3 is 4.57 Å². The second-order valence-electron chi connectivity index (χ2n) is 9.58. The van der Waals surface area contributed by atoms with Crippen molar-refractivity contribution in [2.45, 2.75) is 46.3 Å². The van der Waals surface area contributed by atoms with E-state index in [-0.39, 0.29) is 0 Å². The molecule has 1 N–H and O–H groups in total. The van der Waals surface area contributed by atoms with Gasteiger partial charge in [0.25, 0.3) is 0 Å². The second-order valence-corrected chi connectivity index (χ2v) is 9.58. The summed E-state index contributed by atoms with van der Waals surface area (Å²) in [5.74, 6) is 1.58. The lowest BCUT2D eigenvalue weighted by molar-refractivity contribution is 0.476. The predicted octanol–water partition coefficient (Wildman–Crippen LogP) is 7.28. The van der Waals surface area contributed by atoms with Crippen LogP contribution in [0.5, 0.6) is 0 Å². The predicted molar refractivity (Wildman–Crippen MR) is 158 cm³/mol. The minimum absolute atomic E-state index is 0.375. The van der Waals surface area contributed by atoms with Crippen LogP contribution in [-0.4, -0.2) is 35.2 Å². The molecule has 0 amide bonds. The van der Waals surface area contributed by atoms with Crippen LogP contribution in [0.2, 0.25) is 0 Å². The summed E-state index contributed by atoms with van der Waals surface area (Å²) in [4.78, 5) is 9.71. The van der Waals surface area contributed by atoms with Gasteiger partial charge in [-0.1, -0.05) is 92.8 Å². The van der Waals surface area contributed by atoms with Gasteiger partial charge in [0.2, 0.25) is 0 Å². The molecule has 0 unspecified atom stereocenters. The van der Waals surface area contributed by atoms with Crippen molar-refractivity contribution >= 4 is 16.7 Å². The van der Waals surface area contributed by atoms with Crippen LogP contribution in [0.15, 0.2) is 85.5 Å². The van der Waals surface area contributed by atoms with Crippen LogP contribution in [0.1, 0.15) is 49.3 Å². The molecule has 40 heavy (non-hydrogen) atoms. The summed E-state index contributed by atoms with van der Waals surface area (Å²) >= 11 is 0. The Bertz CT molecular complexity index is 1660. The average molecular weight is 534 g/mol. The molecule has 3 aromatic heterocycles. The zero-order valence-electron chi connectivity index (χ0n) is 22.8. The second kappa shape index (κ2) is 12.4. The Morgan fingerprint density at radius 3 is 2.55 bits per heavy atom. The highest BCUT2D eigenvalue weighted by atomic mass is 19.1. The third kappa shape index (κ3) is 5.66. The van der Waals surface area contributed by atoms with Crippen molar-refractivity contribution in [3.63, 3.8) is 0 Å². The van der Waals surface area contributed by atoms with Crippen molar-refractivity contribution in [3.8, 4) is 22.5 Å². The fourth-order valence-electron chi connectivity index (χ4n) is 4.76. The highest BCUT2D eigenvalue weighted by Crippen LogP contribution is 2.30. The molecule has 0 aliphatic heterocycles. The smallest absolute Gasteiger partial charge is 0.180 e. The topological polar surface area (TPSA) is 85.2 Å². The van der Waals surface area contributed by atoms with Gasteiger partial charge >= 0.3 is 0 Å². The van der Waals surface area contributed by atoms with Gasteiger partial charge in [-0.3, -0.25) is 0 Å². The number of alkyl halides is 1. The van der Waals surface area contributed by atoms with E-state index < -0.39 is 6.67 Å². The number of halogens is 1. The fraction of sp³-hybridized carbons (Fsp3) is 0.219. The molecule has 5 aromatic rings. The minimum atomic E-state index is -0.675. The molecule has 0 saturated carbocycles. The summed E-state index contributed by atoms with van der Waals surface area (Å²) in [6.45, 7) is 8.16. The minimum Gasteiger partial charge on any atom is -0.308 e. The van der Waals surface area contributed by atoms with Crippen molar-refractivity contribution in [1.29, 1.82) is 0 Å². The van der Waals surface area contributed by atoms with Gasteiger partial charge in [0.05, 0.1) is 12.2 Å². The standard InChI is InChI=1S/C32H32FN7/c1-4-6-8-11-22(3)27-19-28-32(35-29(27)20-33)40(30(34-28)14-7-5-2)21-23-15-17-24(18-16-23)25-12-9-10-13-26(25)31-36-38-39-37-31/h4,6,8-13,15-19H,3,5,7,14,20-21H2,1-2H3,(H,36,37,38,39)/b6-4-,11-8-. The quantitative estimate of drug-likeness (QED) is 0.180. The Kier molecular flexibility index (Phi) is 8.35. The van der Waals surface area contributed by atoms with E-state index in [1.807, 2.05) is 55.5 Å². The zero-order chi connectivity index (χ0) is 27.9. The monoisotopic (exact) mass is 533 g/mol. The lowest BCUT2D eigenvalue weighted by atomic mass is 9.98. The molecule has 0 saturated heterocycles. The number of nitrogens with zero attached hydrogens (tertiary/aromatic N) is 6. The number of hydrogen-bond acceptors (Lipinski definition) is 5. The largest absolute Gasteiger partial charge is 0.308 e. The van der Waals surface area contributed by atoms with Gasteiger partial charge in [-0.05, 0) is 52.1 Å². The molecule has 3 heterocycles. The first kappa shape index (κ1) is 26.9. The molecule has 8 heteroatoms. The molecule has 0 bridgehead atoms. The van der Waals surface area contributed by atoms with Crippen molar-refractivity contribution in [2.24, 2.45) is 0 Å². The van der Waals surface area contributed by atoms with Gasteiger partial charge in [-0.15, -0.1) is 5.10 Å². The molecule has 0 spiro atoms. The molecule has 0 atom stereocenters. The zero-order valence-corrected chi connectivity index (χ0v) is 22.8. The summed E-state index contributed by atoms with van der Waals surface area (Å²) < 4.78 is 16.3. The molecular formula is C32H32FN7. The molecule has 0 fully saturated rings. The maximum atomic E-state index is 14.2. The molecule has 0 radical (unpaired) electrons. The number of pyridine rings is 1. The van der Waals surface area contributed by atoms with Crippen LogP contribution >= 0.6 is 0 Å². The Hall–Kier alpha value is -4.72. The summed E-state index contributed by atoms with van der Waals surface area (Å²) in [7, 11) is 0. The van der Waals surface area contributed by atoms with E-state index in [4.69, 9.17) is 9.97 Å². The number of tetrazole rings is 1. The molecule has 0 aliphatic rings. The van der Waals surface area contributed by atoms with E-state index in [9.17, 15) is 4.39 Å². The van der Waals surface area contributed by atoms with Crippen LogP contribution in [0, 0.1) is 0 Å². The number of nitrogens with one attached hydrogen (secondary N) is 1. The third-order valence-electron chi connectivity index (χ3n) is 6.84. The first-order chi connectivity index (χ1) is 19.6. The number of imidazole rings is 1. The van der Waals surface area contributed by atoms with Gasteiger partial charge in [0.1, 0.15) is 18.0 Å². The summed E-state index contributed by atoms with van der Waals surface area (Å²) in [5, 5.41) is 14.4. The molecule has 5 rings (SSSR count). The highest BCUT2D eigenvalue weighted by Gasteiger charge is 2.17. The highest BCUT2D eigenvalue weighted by molar-refractivity contribution is 5.82. The average Bonchev–Trinajstić information content (AvgIpc) is 3.64. The Labute approximate surface area is 233 Å². The lowest BCUT2D eigenvalue weighted by Crippen LogP contribution is -2.07. The van der Waals surface area contributed by atoms with Crippen LogP contribution in [0.3, 0.4) is 0 Å². The van der Waals surface area contributed by atoms with E-state index in [1.54, 1.807) is 0 Å². The molecule has 0 aliphatic carbocycles. The van der Waals surface area contributed by atoms with Gasteiger partial charge in [-0.2, -0.15) is 0 Å². The van der Waals surface area contributed by atoms with E-state index >= 15 is 0 Å². The normalized spacial score (nSPS) is 11.8. The fourth-order valence-corrected chi connectivity index (χ4v) is 4.76. The van der Waals surface area contributed by atoms with Crippen LogP contribution < -0.4 is 0 Å². The number of aryl methyl sites for hydroxylation is 1. The number of aromatic nitrogens is 7. The SMILES string of the molecule is C=C(/C=C\C=C/C)c1cc2nc(CCCC)n(Cc3ccc(-c4ccccc4-c4nnn[nH]4)cc3)c2nc1CF. The van der Waals surface area contributed by atoms with Crippen molar-refractivity contribution in [3.05, 3.63) is 108 Å². The maximum absolute atomic E-state index is 14.2. The number of unbranched alkanes of at least 4 members (excludes halogenated alkanes) is 1. The Morgan fingerprint density at radius 1 is 1.05 bits per heavy atom. The number of benzene rings is 2. The van der Waals surface area contributed by atoms with Gasteiger partial charge in [-0.25, -0.2) is 19.5 Å². The van der Waals surface area contributed by atoms with Crippen LogP contribution in [0.25, 0.3) is 39.3 Å². The lowest BCUT2D eigenvalue weighted by Gasteiger charge is -2.12. The van der Waals surface area contributed by atoms with E-state index in [2.05, 4.69) is 69.0 Å². The third-order valence-corrected chi connectivity index (χ3v) is 6.84. The Balaban J connectivity index is 1.50. The summed E-state index contributed by atoms with van der Waals surface area (Å²) in [6.07, 6.45) is 10.5. The number of rotatable bonds is 11. The molecule has 2 aromatic carbocycles. The van der Waals surface area contributed by atoms with E-state index in [0.29, 0.717) is 34.8 Å². The van der Waals surface area contributed by atoms with Crippen LogP contribution in [-0.2, 0) is 19.6 Å². The van der Waals surface area contributed by atoms with Crippen molar-refractivity contribution in [1.82, 2.24) is 35.2 Å². The molecule has 7 nitrogen and oxygen atoms in total. The number of aromatic amines is 1. The number of fused-ring (bicyclic) bond motifs is 1. The maximum Gasteiger partial charge on any atom is 0.180 e. The van der Waals surface area contributed by atoms with Gasteiger partial charge in [0.15, 0.2) is 11.5 Å². The number of H-pyrrole nitrogens is 1. The molecular weight excluding hydrogens is 501 g/mol. The van der Waals surface area contributed by atoms with E-state index in [1.165, 1.54) is 0 Å². The van der Waals surface area contributed by atoms with Crippen molar-refractivity contribution in [2.75, 3.05) is 0 Å². The first-order valence-corrected chi connectivity index (χ1v) is 13.5. The van der Waals surface area contributed by atoms with Crippen molar-refractivity contribution < 1.29 is 4.39 Å². The number of allylic oxidation sites excluding steroid dienone is 5. The van der Waals surface area contributed by atoms with Crippen LogP contribution in [0.4, 0.5) is 4.39 Å². The first-order valence-electron chi connectivity index (χ1n) is 13.5. The van der Waals surface area contributed by atoms with E-state index in [0.717, 1.165) is 52.9 Å². The van der Waals surface area contributed by atoms with Gasteiger partial charge in [0, 0.05) is 17.5 Å².